The van der Waals surface area contributed by atoms with Crippen LogP contribution in [0.3, 0.4) is 0 Å². The highest BCUT2D eigenvalue weighted by Gasteiger charge is 2.66. The van der Waals surface area contributed by atoms with E-state index >= 15 is 0 Å². The van der Waals surface area contributed by atoms with Gasteiger partial charge in [-0.15, -0.1) is 0 Å². The first kappa shape index (κ1) is 24.5. The number of phenols is 1. The maximum atomic E-state index is 13.7. The number of aromatic hydroxyl groups is 1. The van der Waals surface area contributed by atoms with Crippen molar-refractivity contribution in [1.29, 1.82) is 0 Å². The molecule has 1 aromatic rings. The van der Waals surface area contributed by atoms with Crippen molar-refractivity contribution >= 4 is 40.6 Å². The fourth-order valence-electron chi connectivity index (χ4n) is 5.82. The molecule has 11 heteroatoms. The van der Waals surface area contributed by atoms with Gasteiger partial charge in [0, 0.05) is 46.2 Å². The number of hydrogen-bond donors (Lipinski definition) is 3. The number of ketones is 4. The number of primary amides is 1. The van der Waals surface area contributed by atoms with Crippen molar-refractivity contribution in [2.45, 2.75) is 24.9 Å². The number of Topliss-reactive ketones (excluding diaryl/α,β-unsaturated/α-hetero) is 4. The summed E-state index contributed by atoms with van der Waals surface area (Å²) in [5.41, 5.74) is 3.09. The van der Waals surface area contributed by atoms with Crippen LogP contribution in [0.5, 0.6) is 5.75 Å². The molecule has 0 radical (unpaired) electrons. The van der Waals surface area contributed by atoms with E-state index in [1.807, 2.05) is 0 Å². The minimum atomic E-state index is -2.71. The van der Waals surface area contributed by atoms with Gasteiger partial charge in [0.15, 0.2) is 34.7 Å². The van der Waals surface area contributed by atoms with E-state index in [1.54, 1.807) is 19.0 Å². The molecule has 3 aliphatic rings. The Bertz CT molecular complexity index is 1220. The molecule has 0 saturated heterocycles. The van der Waals surface area contributed by atoms with Crippen LogP contribution in [0, 0.1) is 23.7 Å². The molecule has 2 saturated carbocycles. The maximum absolute atomic E-state index is 13.7. The molecule has 1 aromatic carbocycles. The summed E-state index contributed by atoms with van der Waals surface area (Å²) in [6, 6.07) is 1.48. The van der Waals surface area contributed by atoms with Crippen LogP contribution in [0.25, 0.3) is 0 Å². The average molecular weight is 485 g/mol. The normalized spacial score (nSPS) is 29.7. The summed E-state index contributed by atoms with van der Waals surface area (Å²) in [6.45, 7) is 0. The number of anilines is 1. The fraction of sp³-hybridized carbons (Fsp3) is 0.500. The van der Waals surface area contributed by atoms with Crippen LogP contribution < -0.4 is 10.6 Å². The van der Waals surface area contributed by atoms with E-state index in [0.29, 0.717) is 11.3 Å². The van der Waals surface area contributed by atoms with Crippen LogP contribution in [0.2, 0.25) is 0 Å². The summed E-state index contributed by atoms with van der Waals surface area (Å²) in [5.74, 6) is -11.6. The number of amides is 2. The number of benzene rings is 1. The van der Waals surface area contributed by atoms with Gasteiger partial charge in [0.25, 0.3) is 5.91 Å². The van der Waals surface area contributed by atoms with Crippen molar-refractivity contribution in [2.24, 2.45) is 29.4 Å². The van der Waals surface area contributed by atoms with Crippen molar-refractivity contribution < 1.29 is 39.0 Å². The van der Waals surface area contributed by atoms with E-state index in [0.717, 1.165) is 0 Å². The predicted octanol–water partition coefficient (Wildman–Crippen LogP) is -0.905. The quantitative estimate of drug-likeness (QED) is 0.458. The highest BCUT2D eigenvalue weighted by Crippen LogP contribution is 2.51. The van der Waals surface area contributed by atoms with Crippen LogP contribution in [-0.2, 0) is 25.6 Å². The first-order valence-electron chi connectivity index (χ1n) is 11.2. The average Bonchev–Trinajstić information content (AvgIpc) is 2.75. The van der Waals surface area contributed by atoms with Crippen LogP contribution in [0.4, 0.5) is 5.69 Å². The van der Waals surface area contributed by atoms with Crippen molar-refractivity contribution in [3.63, 3.8) is 0 Å². The summed E-state index contributed by atoms with van der Waals surface area (Å²) in [5, 5.41) is 22.2. The van der Waals surface area contributed by atoms with E-state index in [2.05, 4.69) is 0 Å². The molecule has 3 aliphatic carbocycles. The third-order valence-electron chi connectivity index (χ3n) is 7.50. The van der Waals surface area contributed by atoms with Crippen molar-refractivity contribution in [3.8, 4) is 5.75 Å². The number of carbonyl (C=O) groups is 6. The van der Waals surface area contributed by atoms with Gasteiger partial charge in [-0.2, -0.15) is 0 Å². The summed E-state index contributed by atoms with van der Waals surface area (Å²) in [6.07, 6.45) is -0.246. The van der Waals surface area contributed by atoms with E-state index in [1.165, 1.54) is 25.1 Å². The van der Waals surface area contributed by atoms with Gasteiger partial charge in [-0.05, 0) is 30.4 Å². The lowest BCUT2D eigenvalue weighted by Gasteiger charge is -2.48. The molecule has 0 heterocycles. The zero-order valence-electron chi connectivity index (χ0n) is 19.8. The lowest BCUT2D eigenvalue weighted by atomic mass is 9.53. The number of carbonyl (C=O) groups excluding carboxylic acids is 6. The molecule has 0 spiro atoms. The largest absolute Gasteiger partial charge is 0.506 e. The Hall–Kier alpha value is -3.60. The smallest absolute Gasteiger partial charge is 0.257 e. The molecule has 35 heavy (non-hydrogen) atoms. The fourth-order valence-corrected chi connectivity index (χ4v) is 5.82. The van der Waals surface area contributed by atoms with Gasteiger partial charge in [-0.25, -0.2) is 0 Å². The van der Waals surface area contributed by atoms with Gasteiger partial charge >= 0.3 is 0 Å². The minimum absolute atomic E-state index is 0.00700. The van der Waals surface area contributed by atoms with Crippen LogP contribution in [-0.4, -0.2) is 83.9 Å². The van der Waals surface area contributed by atoms with Gasteiger partial charge < -0.3 is 25.7 Å². The Kier molecular flexibility index (Phi) is 5.59. The van der Waals surface area contributed by atoms with E-state index in [-0.39, 0.29) is 24.0 Å². The van der Waals surface area contributed by atoms with E-state index in [9.17, 15) is 39.0 Å². The molecule has 2 fully saturated rings. The molecule has 11 nitrogen and oxygen atoms in total. The number of phenolic OH excluding ortho intramolecular Hbond substituents is 1. The molecule has 2 unspecified atom stereocenters. The minimum Gasteiger partial charge on any atom is -0.506 e. The topological polar surface area (TPSA) is 175 Å². The molecule has 4 N–H and O–H groups in total. The third-order valence-corrected chi connectivity index (χ3v) is 7.50. The molecular formula is C24H27N3O8. The zero-order valence-corrected chi connectivity index (χ0v) is 19.8. The second kappa shape index (κ2) is 7.98. The molecule has 2 amide bonds. The molecule has 0 bridgehead atoms. The van der Waals surface area contributed by atoms with Gasteiger partial charge in [0.05, 0.1) is 17.0 Å². The predicted molar refractivity (Wildman–Crippen MR) is 121 cm³/mol. The van der Waals surface area contributed by atoms with Crippen LogP contribution in [0.1, 0.15) is 39.1 Å². The number of rotatable bonds is 3. The van der Waals surface area contributed by atoms with E-state index < -0.39 is 76.4 Å². The molecular weight excluding hydrogens is 458 g/mol. The summed E-state index contributed by atoms with van der Waals surface area (Å²) in [4.78, 5) is 80.0. The lowest BCUT2D eigenvalue weighted by Crippen LogP contribution is -2.68. The Morgan fingerprint density at radius 2 is 1.69 bits per heavy atom. The Balaban J connectivity index is 1.88. The zero-order chi connectivity index (χ0) is 26.1. The first-order chi connectivity index (χ1) is 16.2. The Morgan fingerprint density at radius 3 is 2.23 bits per heavy atom. The summed E-state index contributed by atoms with van der Waals surface area (Å²) in [7, 11) is 6.39. The maximum Gasteiger partial charge on any atom is 0.257 e. The van der Waals surface area contributed by atoms with Gasteiger partial charge in [0.2, 0.25) is 5.91 Å². The molecule has 186 valence electrons. The number of hydrogen-bond acceptors (Lipinski definition) is 9. The number of fused-ring (bicyclic) bond motifs is 3. The van der Waals surface area contributed by atoms with Crippen LogP contribution in [0.15, 0.2) is 6.07 Å². The first-order valence-corrected chi connectivity index (χ1v) is 11.2. The summed E-state index contributed by atoms with van der Waals surface area (Å²) >= 11 is 0. The molecule has 0 aliphatic heterocycles. The molecule has 0 aromatic heterocycles. The van der Waals surface area contributed by atoms with Gasteiger partial charge in [0.1, 0.15) is 5.75 Å². The number of nitrogens with two attached hydrogens (primary N) is 1. The second-order valence-corrected chi connectivity index (χ2v) is 9.98. The Morgan fingerprint density at radius 1 is 1.06 bits per heavy atom. The number of nitrogens with zero attached hydrogens (tertiary/aromatic N) is 2. The molecule has 4 rings (SSSR count). The SMILES string of the molecule is CN(C)C(=O)c1cc(N(C)C)c2c(c1O)C(=O)C1C(=O)[C@]3(O)C(=O)C(C(N)=O)C(=O)C[C@@H]3C[C@@H]1C2. The van der Waals surface area contributed by atoms with Gasteiger partial charge in [-0.3, -0.25) is 28.8 Å². The third kappa shape index (κ3) is 3.28. The Labute approximate surface area is 200 Å². The highest BCUT2D eigenvalue weighted by molar-refractivity contribution is 6.31. The second-order valence-electron chi connectivity index (χ2n) is 9.98. The lowest BCUT2D eigenvalue weighted by molar-refractivity contribution is -0.175. The number of aliphatic hydroxyl groups is 1. The summed E-state index contributed by atoms with van der Waals surface area (Å²) < 4.78 is 0. The van der Waals surface area contributed by atoms with Crippen LogP contribution >= 0.6 is 0 Å². The van der Waals surface area contributed by atoms with Crippen molar-refractivity contribution in [3.05, 3.63) is 22.8 Å². The van der Waals surface area contributed by atoms with Crippen molar-refractivity contribution in [1.82, 2.24) is 4.90 Å². The van der Waals surface area contributed by atoms with Gasteiger partial charge in [-0.1, -0.05) is 0 Å². The molecule has 5 atom stereocenters. The standard InChI is InChI=1S/C24H27N3O8/c1-26(2)13-8-12(23(34)27(3)4)18(29)16-11(13)6-9-5-10-7-14(28)17(22(25)33)21(32)24(10,35)20(31)15(9)19(16)30/h8-10,15,17,29,35H,5-7H2,1-4H3,(H2,25,33)/t9-,10+,15?,17?,24+/m1/s1. The van der Waals surface area contributed by atoms with Crippen molar-refractivity contribution in [2.75, 3.05) is 33.1 Å². The van der Waals surface area contributed by atoms with E-state index in [4.69, 9.17) is 5.73 Å². The highest BCUT2D eigenvalue weighted by atomic mass is 16.3. The monoisotopic (exact) mass is 485 g/mol.